The number of aryl methyl sites for hydroxylation is 1. The van der Waals surface area contributed by atoms with Crippen molar-refractivity contribution in [1.29, 1.82) is 0 Å². The van der Waals surface area contributed by atoms with Crippen LogP contribution in [0.15, 0.2) is 53.5 Å². The number of fused-ring (bicyclic) bond motifs is 2. The van der Waals surface area contributed by atoms with Gasteiger partial charge in [0.25, 0.3) is 11.5 Å². The molecule has 0 atom stereocenters. The highest BCUT2D eigenvalue weighted by Crippen LogP contribution is 2.40. The molecule has 1 N–H and O–H groups in total. The van der Waals surface area contributed by atoms with E-state index in [1.165, 1.54) is 0 Å². The van der Waals surface area contributed by atoms with E-state index in [2.05, 4.69) is 15.0 Å². The molecule has 0 unspecified atom stereocenters. The molecule has 7 heteroatoms. The number of H-pyrrole nitrogens is 1. The fraction of sp³-hybridized carbons (Fsp3) is 0.333. The summed E-state index contributed by atoms with van der Waals surface area (Å²) in [6, 6.07) is 13.0. The van der Waals surface area contributed by atoms with Crippen molar-refractivity contribution < 1.29 is 9.53 Å². The second-order valence-corrected chi connectivity index (χ2v) is 8.16. The van der Waals surface area contributed by atoms with Crippen LogP contribution in [0.25, 0.3) is 11.3 Å². The Morgan fingerprint density at radius 1 is 1.13 bits per heavy atom. The van der Waals surface area contributed by atoms with Gasteiger partial charge in [0.15, 0.2) is 0 Å². The number of pyridine rings is 1. The van der Waals surface area contributed by atoms with E-state index >= 15 is 0 Å². The van der Waals surface area contributed by atoms with Gasteiger partial charge in [-0.15, -0.1) is 0 Å². The van der Waals surface area contributed by atoms with Crippen LogP contribution >= 0.6 is 0 Å². The highest BCUT2D eigenvalue weighted by molar-refractivity contribution is 5.94. The normalized spacial score (nSPS) is 17.4. The number of aromatic amines is 1. The van der Waals surface area contributed by atoms with Crippen molar-refractivity contribution in [2.75, 3.05) is 19.7 Å². The second kappa shape index (κ2) is 7.74. The summed E-state index contributed by atoms with van der Waals surface area (Å²) >= 11 is 0. The zero-order chi connectivity index (χ0) is 21.4. The standard InChI is InChI=1S/C24H24N4O3/c1-16-25-15-18-9-14-31-24(21(18)26-16)10-12-28(13-11-24)23(30)19-7-8-20(27-22(19)29)17-5-3-2-4-6-17/h2-8,15H,9-14H2,1H3,(H,27,29). The average Bonchev–Trinajstić information content (AvgIpc) is 2.80. The number of likely N-dealkylation sites (tertiary alicyclic amines) is 1. The molecule has 4 heterocycles. The molecule has 0 radical (unpaired) electrons. The lowest BCUT2D eigenvalue weighted by molar-refractivity contribution is -0.0969. The Morgan fingerprint density at radius 2 is 1.90 bits per heavy atom. The molecule has 2 aliphatic rings. The number of amides is 1. The minimum absolute atomic E-state index is 0.166. The highest BCUT2D eigenvalue weighted by Gasteiger charge is 2.43. The van der Waals surface area contributed by atoms with E-state index in [0.717, 1.165) is 29.1 Å². The number of hydrogen-bond acceptors (Lipinski definition) is 5. The number of nitrogens with one attached hydrogen (secondary N) is 1. The van der Waals surface area contributed by atoms with E-state index in [1.807, 2.05) is 43.5 Å². The van der Waals surface area contributed by atoms with E-state index in [9.17, 15) is 9.59 Å². The van der Waals surface area contributed by atoms with Gasteiger partial charge in [-0.1, -0.05) is 30.3 Å². The molecule has 0 aliphatic carbocycles. The number of rotatable bonds is 2. The maximum atomic E-state index is 13.1. The quantitative estimate of drug-likeness (QED) is 0.694. The second-order valence-electron chi connectivity index (χ2n) is 8.16. The van der Waals surface area contributed by atoms with Crippen molar-refractivity contribution in [2.24, 2.45) is 0 Å². The van der Waals surface area contributed by atoms with Crippen LogP contribution in [0, 0.1) is 6.92 Å². The summed E-state index contributed by atoms with van der Waals surface area (Å²) in [6.07, 6.45) is 4.01. The molecule has 1 saturated heterocycles. The van der Waals surface area contributed by atoms with Gasteiger partial charge in [-0.05, 0) is 49.4 Å². The van der Waals surface area contributed by atoms with Crippen LogP contribution in [0.1, 0.15) is 40.3 Å². The van der Waals surface area contributed by atoms with E-state index in [1.54, 1.807) is 17.0 Å². The summed E-state index contributed by atoms with van der Waals surface area (Å²) in [5, 5.41) is 0. The van der Waals surface area contributed by atoms with Crippen molar-refractivity contribution in [1.82, 2.24) is 19.9 Å². The first-order chi connectivity index (χ1) is 15.1. The molecule has 1 amide bonds. The van der Waals surface area contributed by atoms with Crippen LogP contribution in [0.3, 0.4) is 0 Å². The van der Waals surface area contributed by atoms with Crippen LogP contribution in [0.5, 0.6) is 0 Å². The lowest BCUT2D eigenvalue weighted by atomic mass is 9.83. The van der Waals surface area contributed by atoms with Crippen molar-refractivity contribution in [3.63, 3.8) is 0 Å². The zero-order valence-corrected chi connectivity index (χ0v) is 17.4. The Labute approximate surface area is 180 Å². The number of ether oxygens (including phenoxy) is 1. The van der Waals surface area contributed by atoms with E-state index in [-0.39, 0.29) is 17.0 Å². The molecule has 3 aromatic rings. The molecular weight excluding hydrogens is 392 g/mol. The molecule has 7 nitrogen and oxygen atoms in total. The van der Waals surface area contributed by atoms with E-state index in [4.69, 9.17) is 4.74 Å². The third kappa shape index (κ3) is 3.55. The summed E-state index contributed by atoms with van der Waals surface area (Å²) in [4.78, 5) is 39.3. The minimum atomic E-state index is -0.471. The highest BCUT2D eigenvalue weighted by atomic mass is 16.5. The van der Waals surface area contributed by atoms with Crippen LogP contribution in [-0.2, 0) is 16.8 Å². The summed E-state index contributed by atoms with van der Waals surface area (Å²) < 4.78 is 6.21. The van der Waals surface area contributed by atoms with Gasteiger partial charge in [0.05, 0.1) is 12.3 Å². The molecule has 158 valence electrons. The van der Waals surface area contributed by atoms with E-state index in [0.29, 0.717) is 38.2 Å². The van der Waals surface area contributed by atoms with Gasteiger partial charge in [-0.25, -0.2) is 9.97 Å². The van der Waals surface area contributed by atoms with Crippen LogP contribution < -0.4 is 5.56 Å². The van der Waals surface area contributed by atoms with Gasteiger partial charge in [0, 0.05) is 25.0 Å². The summed E-state index contributed by atoms with van der Waals surface area (Å²) in [7, 11) is 0. The van der Waals surface area contributed by atoms with E-state index < -0.39 is 5.60 Å². The topological polar surface area (TPSA) is 88.2 Å². The fourth-order valence-electron chi connectivity index (χ4n) is 4.55. The van der Waals surface area contributed by atoms with Crippen molar-refractivity contribution >= 4 is 5.91 Å². The zero-order valence-electron chi connectivity index (χ0n) is 17.4. The predicted octanol–water partition coefficient (Wildman–Crippen LogP) is 2.84. The third-order valence-electron chi connectivity index (χ3n) is 6.25. The number of benzene rings is 1. The molecule has 2 aliphatic heterocycles. The van der Waals surface area contributed by atoms with Crippen molar-refractivity contribution in [2.45, 2.75) is 31.8 Å². The van der Waals surface area contributed by atoms with Crippen LogP contribution in [-0.4, -0.2) is 45.5 Å². The molecular formula is C24H24N4O3. The lowest BCUT2D eigenvalue weighted by Gasteiger charge is -2.44. The van der Waals surface area contributed by atoms with Gasteiger partial charge in [-0.2, -0.15) is 0 Å². The van der Waals surface area contributed by atoms with Gasteiger partial charge in [-0.3, -0.25) is 9.59 Å². The van der Waals surface area contributed by atoms with Crippen LogP contribution in [0.4, 0.5) is 0 Å². The smallest absolute Gasteiger partial charge is 0.261 e. The summed E-state index contributed by atoms with van der Waals surface area (Å²) in [5.74, 6) is 0.484. The van der Waals surface area contributed by atoms with Crippen molar-refractivity contribution in [3.8, 4) is 11.3 Å². The molecule has 5 rings (SSSR count). The van der Waals surface area contributed by atoms with Gasteiger partial charge in [0.1, 0.15) is 17.0 Å². The van der Waals surface area contributed by atoms with Crippen LogP contribution in [0.2, 0.25) is 0 Å². The SMILES string of the molecule is Cc1ncc2c(n1)C1(CCN(C(=O)c3ccc(-c4ccccc4)[nH]c3=O)CC1)OCC2. The molecule has 0 bridgehead atoms. The van der Waals surface area contributed by atoms with Gasteiger partial charge < -0.3 is 14.6 Å². The number of carbonyl (C=O) groups excluding carboxylic acids is 1. The first kappa shape index (κ1) is 19.6. The molecule has 1 spiro atoms. The molecule has 1 fully saturated rings. The first-order valence-electron chi connectivity index (χ1n) is 10.6. The van der Waals surface area contributed by atoms with Crippen molar-refractivity contribution in [3.05, 3.63) is 81.7 Å². The monoisotopic (exact) mass is 416 g/mol. The molecule has 31 heavy (non-hydrogen) atoms. The largest absolute Gasteiger partial charge is 0.368 e. The fourth-order valence-corrected chi connectivity index (χ4v) is 4.55. The third-order valence-corrected chi connectivity index (χ3v) is 6.25. The number of carbonyl (C=O) groups is 1. The summed E-state index contributed by atoms with van der Waals surface area (Å²) in [6.45, 7) is 3.54. The molecule has 0 saturated carbocycles. The summed E-state index contributed by atoms with van der Waals surface area (Å²) in [5.41, 5.74) is 3.02. The van der Waals surface area contributed by atoms with Gasteiger partial charge >= 0.3 is 0 Å². The molecule has 1 aromatic carbocycles. The maximum absolute atomic E-state index is 13.1. The lowest BCUT2D eigenvalue weighted by Crippen LogP contribution is -2.49. The number of nitrogens with zero attached hydrogens (tertiary/aromatic N) is 3. The molecule has 2 aromatic heterocycles. The number of hydrogen-bond donors (Lipinski definition) is 1. The number of piperidine rings is 1. The Kier molecular flexibility index (Phi) is 4.90. The first-order valence-corrected chi connectivity index (χ1v) is 10.6. The Morgan fingerprint density at radius 3 is 2.65 bits per heavy atom. The minimum Gasteiger partial charge on any atom is -0.368 e. The maximum Gasteiger partial charge on any atom is 0.261 e. The Hall–Kier alpha value is -3.32. The Bertz CT molecular complexity index is 1180. The average molecular weight is 416 g/mol. The predicted molar refractivity (Wildman–Crippen MR) is 116 cm³/mol. The number of aromatic nitrogens is 3. The Balaban J connectivity index is 1.35. The van der Waals surface area contributed by atoms with Gasteiger partial charge in [0.2, 0.25) is 0 Å².